The summed E-state index contributed by atoms with van der Waals surface area (Å²) in [5.41, 5.74) is 1.08. The van der Waals surface area contributed by atoms with Crippen molar-refractivity contribution in [2.75, 3.05) is 31.1 Å². The van der Waals surface area contributed by atoms with Gasteiger partial charge in [-0.3, -0.25) is 0 Å². The first-order valence-electron chi connectivity index (χ1n) is 7.16. The topological polar surface area (TPSA) is 18.5 Å². The maximum atomic E-state index is 12.9. The van der Waals surface area contributed by atoms with E-state index in [1.807, 2.05) is 12.1 Å². The Labute approximate surface area is 125 Å². The van der Waals surface area contributed by atoms with E-state index in [9.17, 15) is 4.39 Å². The molecule has 1 saturated heterocycles. The van der Waals surface area contributed by atoms with Gasteiger partial charge in [0, 0.05) is 37.9 Å². The fraction of sp³-hybridized carbons (Fsp3) is 0.533. The Bertz CT molecular complexity index is 441. The molecule has 0 saturated carbocycles. The largest absolute Gasteiger partial charge is 0.368 e. The maximum Gasteiger partial charge on any atom is 0.169 e. The van der Waals surface area contributed by atoms with E-state index in [2.05, 4.69) is 29.0 Å². The van der Waals surface area contributed by atoms with Crippen molar-refractivity contribution in [2.45, 2.75) is 26.3 Å². The first-order valence-corrected chi connectivity index (χ1v) is 7.57. The van der Waals surface area contributed by atoms with Crippen LogP contribution < -0.4 is 10.2 Å². The Hall–Kier alpha value is -1.36. The van der Waals surface area contributed by atoms with Crippen LogP contribution in [-0.2, 0) is 0 Å². The average Bonchev–Trinajstić information content (AvgIpc) is 2.48. The number of thiocarbonyl (C=S) groups is 1. The van der Waals surface area contributed by atoms with Crippen molar-refractivity contribution in [3.63, 3.8) is 0 Å². The molecule has 1 atom stereocenters. The van der Waals surface area contributed by atoms with Crippen LogP contribution in [0.2, 0.25) is 0 Å². The minimum absolute atomic E-state index is 0.189. The summed E-state index contributed by atoms with van der Waals surface area (Å²) in [5, 5.41) is 4.20. The first-order chi connectivity index (χ1) is 9.60. The molecule has 0 amide bonds. The van der Waals surface area contributed by atoms with Crippen LogP contribution in [0.4, 0.5) is 10.1 Å². The molecule has 2 rings (SSSR count). The zero-order chi connectivity index (χ0) is 14.5. The summed E-state index contributed by atoms with van der Waals surface area (Å²) in [5.74, 6) is -0.189. The molecule has 0 unspecified atom stereocenters. The number of piperazine rings is 1. The number of nitrogens with zero attached hydrogens (tertiary/aromatic N) is 2. The highest BCUT2D eigenvalue weighted by Gasteiger charge is 2.19. The lowest BCUT2D eigenvalue weighted by Crippen LogP contribution is -2.53. The van der Waals surface area contributed by atoms with Crippen LogP contribution in [0.25, 0.3) is 0 Å². The van der Waals surface area contributed by atoms with Crippen molar-refractivity contribution >= 4 is 23.0 Å². The zero-order valence-electron chi connectivity index (χ0n) is 12.1. The van der Waals surface area contributed by atoms with Gasteiger partial charge in [0.25, 0.3) is 0 Å². The molecule has 0 radical (unpaired) electrons. The third kappa shape index (κ3) is 3.82. The van der Waals surface area contributed by atoms with Gasteiger partial charge in [-0.15, -0.1) is 0 Å². The molecule has 110 valence electrons. The molecule has 0 spiro atoms. The van der Waals surface area contributed by atoms with Gasteiger partial charge in [0.05, 0.1) is 0 Å². The summed E-state index contributed by atoms with van der Waals surface area (Å²) in [4.78, 5) is 4.48. The third-order valence-electron chi connectivity index (χ3n) is 3.74. The second-order valence-electron chi connectivity index (χ2n) is 5.21. The van der Waals surface area contributed by atoms with Crippen molar-refractivity contribution in [3.05, 3.63) is 30.1 Å². The molecular formula is C15H22FN3S. The average molecular weight is 295 g/mol. The molecule has 1 aromatic carbocycles. The number of halogens is 1. The normalized spacial score (nSPS) is 16.9. The van der Waals surface area contributed by atoms with Crippen molar-refractivity contribution in [3.8, 4) is 0 Å². The lowest BCUT2D eigenvalue weighted by atomic mass is 10.2. The van der Waals surface area contributed by atoms with Crippen molar-refractivity contribution in [1.82, 2.24) is 10.2 Å². The number of hydrogen-bond donors (Lipinski definition) is 1. The fourth-order valence-corrected chi connectivity index (χ4v) is 2.61. The summed E-state index contributed by atoms with van der Waals surface area (Å²) >= 11 is 5.44. The second kappa shape index (κ2) is 6.88. The van der Waals surface area contributed by atoms with Gasteiger partial charge in [-0.1, -0.05) is 6.92 Å². The molecule has 1 aromatic rings. The Morgan fingerprint density at radius 3 is 2.40 bits per heavy atom. The van der Waals surface area contributed by atoms with Gasteiger partial charge in [-0.25, -0.2) is 4.39 Å². The Kier molecular flexibility index (Phi) is 5.17. The van der Waals surface area contributed by atoms with Crippen LogP contribution in [0, 0.1) is 5.82 Å². The number of rotatable bonds is 3. The zero-order valence-corrected chi connectivity index (χ0v) is 12.9. The highest BCUT2D eigenvalue weighted by Crippen LogP contribution is 2.17. The Morgan fingerprint density at radius 1 is 1.25 bits per heavy atom. The van der Waals surface area contributed by atoms with E-state index < -0.39 is 0 Å². The van der Waals surface area contributed by atoms with E-state index in [4.69, 9.17) is 12.2 Å². The van der Waals surface area contributed by atoms with E-state index in [-0.39, 0.29) is 5.82 Å². The van der Waals surface area contributed by atoms with E-state index in [1.54, 1.807) is 0 Å². The first kappa shape index (κ1) is 15.0. The highest BCUT2D eigenvalue weighted by molar-refractivity contribution is 7.80. The fourth-order valence-electron chi connectivity index (χ4n) is 2.22. The predicted octanol–water partition coefficient (Wildman–Crippen LogP) is 2.62. The summed E-state index contributed by atoms with van der Waals surface area (Å²) in [6, 6.07) is 7.10. The highest BCUT2D eigenvalue weighted by atomic mass is 32.1. The number of nitrogens with one attached hydrogen (secondary N) is 1. The van der Waals surface area contributed by atoms with E-state index >= 15 is 0 Å². The van der Waals surface area contributed by atoms with Gasteiger partial charge in [0.1, 0.15) is 5.82 Å². The summed E-state index contributed by atoms with van der Waals surface area (Å²) in [7, 11) is 0. The van der Waals surface area contributed by atoms with Gasteiger partial charge < -0.3 is 15.1 Å². The molecule has 1 fully saturated rings. The summed E-state index contributed by atoms with van der Waals surface area (Å²) in [6.07, 6.45) is 1.07. The van der Waals surface area contributed by atoms with Crippen LogP contribution in [-0.4, -0.2) is 42.2 Å². The number of benzene rings is 1. The van der Waals surface area contributed by atoms with Crippen LogP contribution in [0.5, 0.6) is 0 Å². The van der Waals surface area contributed by atoms with Crippen molar-refractivity contribution < 1.29 is 4.39 Å². The van der Waals surface area contributed by atoms with E-state index in [0.717, 1.165) is 43.4 Å². The molecule has 20 heavy (non-hydrogen) atoms. The molecule has 0 aliphatic carbocycles. The van der Waals surface area contributed by atoms with Crippen LogP contribution in [0.15, 0.2) is 24.3 Å². The smallest absolute Gasteiger partial charge is 0.169 e. The molecule has 0 bridgehead atoms. The Balaban J connectivity index is 1.86. The van der Waals surface area contributed by atoms with Crippen LogP contribution in [0.1, 0.15) is 20.3 Å². The van der Waals surface area contributed by atoms with Gasteiger partial charge in [0.2, 0.25) is 0 Å². The standard InChI is InChI=1S/C15H22FN3S/c1-3-12(2)17-15(20)19-10-8-18(9-11-19)14-6-4-13(16)5-7-14/h4-7,12H,3,8-11H2,1-2H3,(H,17,20)/t12-/m0/s1. The second-order valence-corrected chi connectivity index (χ2v) is 5.60. The van der Waals surface area contributed by atoms with Crippen LogP contribution in [0.3, 0.4) is 0 Å². The molecular weight excluding hydrogens is 273 g/mol. The van der Waals surface area contributed by atoms with Crippen molar-refractivity contribution in [1.29, 1.82) is 0 Å². The minimum Gasteiger partial charge on any atom is -0.368 e. The van der Waals surface area contributed by atoms with Gasteiger partial charge in [-0.2, -0.15) is 0 Å². The molecule has 1 N–H and O–H groups in total. The predicted molar refractivity (Wildman–Crippen MR) is 85.7 cm³/mol. The number of hydrogen-bond acceptors (Lipinski definition) is 2. The molecule has 1 aliphatic heterocycles. The molecule has 1 aliphatic rings. The lowest BCUT2D eigenvalue weighted by Gasteiger charge is -2.38. The Morgan fingerprint density at radius 2 is 1.85 bits per heavy atom. The van der Waals surface area contributed by atoms with Crippen LogP contribution >= 0.6 is 12.2 Å². The van der Waals surface area contributed by atoms with E-state index in [0.29, 0.717) is 6.04 Å². The van der Waals surface area contributed by atoms with Gasteiger partial charge in [0.15, 0.2) is 5.11 Å². The summed E-state index contributed by atoms with van der Waals surface area (Å²) in [6.45, 7) is 7.91. The third-order valence-corrected chi connectivity index (χ3v) is 4.12. The van der Waals surface area contributed by atoms with Gasteiger partial charge >= 0.3 is 0 Å². The number of anilines is 1. The quantitative estimate of drug-likeness (QED) is 0.864. The SMILES string of the molecule is CC[C@H](C)NC(=S)N1CCN(c2ccc(F)cc2)CC1. The molecule has 1 heterocycles. The van der Waals surface area contributed by atoms with E-state index in [1.165, 1.54) is 12.1 Å². The summed E-state index contributed by atoms with van der Waals surface area (Å²) < 4.78 is 12.9. The monoisotopic (exact) mass is 295 g/mol. The minimum atomic E-state index is -0.189. The molecule has 5 heteroatoms. The maximum absolute atomic E-state index is 12.9. The lowest BCUT2D eigenvalue weighted by molar-refractivity contribution is 0.375. The molecule has 0 aromatic heterocycles. The molecule has 3 nitrogen and oxygen atoms in total. The van der Waals surface area contributed by atoms with Gasteiger partial charge in [-0.05, 0) is 49.8 Å². The van der Waals surface area contributed by atoms with Crippen molar-refractivity contribution in [2.24, 2.45) is 0 Å².